The minimum absolute atomic E-state index is 0.0100. The van der Waals surface area contributed by atoms with E-state index < -0.39 is 0 Å². The molecule has 1 aromatic carbocycles. The van der Waals surface area contributed by atoms with Gasteiger partial charge in [-0.25, -0.2) is 9.67 Å². The molecule has 1 fully saturated rings. The Labute approximate surface area is 194 Å². The molecule has 0 aliphatic carbocycles. The van der Waals surface area contributed by atoms with E-state index in [0.29, 0.717) is 31.0 Å². The summed E-state index contributed by atoms with van der Waals surface area (Å²) in [7, 11) is 0. The van der Waals surface area contributed by atoms with E-state index in [1.807, 2.05) is 4.90 Å². The number of aromatic nitrogens is 5. The molecule has 8 heteroatoms. The lowest BCUT2D eigenvalue weighted by Crippen LogP contribution is -2.39. The van der Waals surface area contributed by atoms with Gasteiger partial charge in [0.15, 0.2) is 11.2 Å². The average molecular weight is 451 g/mol. The molecular weight excluding hydrogens is 416 g/mol. The summed E-state index contributed by atoms with van der Waals surface area (Å²) in [5.74, 6) is 0.818. The number of amides is 1. The average Bonchev–Trinajstić information content (AvgIpc) is 3.20. The molecule has 3 heterocycles. The summed E-state index contributed by atoms with van der Waals surface area (Å²) in [4.78, 5) is 34.8. The van der Waals surface area contributed by atoms with Gasteiger partial charge in [-0.1, -0.05) is 63.6 Å². The fraction of sp³-hybridized carbons (Fsp3) is 0.560. The van der Waals surface area contributed by atoms with Crippen LogP contribution in [0.3, 0.4) is 0 Å². The van der Waals surface area contributed by atoms with Crippen LogP contribution in [0, 0.1) is 0 Å². The lowest BCUT2D eigenvalue weighted by Gasteiger charge is -2.32. The topological polar surface area (TPSA) is 96.8 Å². The molecule has 0 spiro atoms. The van der Waals surface area contributed by atoms with Gasteiger partial charge in [0.2, 0.25) is 5.91 Å². The number of carbonyl (C=O) groups excluding carboxylic acids is 1. The lowest BCUT2D eigenvalue weighted by atomic mass is 9.87. The standard InChI is InChI=1S/C25H34N6O2/c1-5-6-9-20(32)30-14-7-8-18(16-30)22-26-23-21(24(33)27-22)28-29-31(23)15-17-10-12-19(13-11-17)25(2,3)4/h10-13,18H,5-9,14-16H2,1-4H3,(H,26,27,33)/t18-/m1/s1. The van der Waals surface area contributed by atoms with E-state index in [4.69, 9.17) is 4.98 Å². The van der Waals surface area contributed by atoms with Crippen LogP contribution in [0.25, 0.3) is 11.2 Å². The second-order valence-corrected chi connectivity index (χ2v) is 10.1. The zero-order valence-corrected chi connectivity index (χ0v) is 20.1. The molecule has 8 nitrogen and oxygen atoms in total. The molecule has 1 saturated heterocycles. The van der Waals surface area contributed by atoms with E-state index in [0.717, 1.165) is 37.8 Å². The third-order valence-electron chi connectivity index (χ3n) is 6.45. The number of nitrogens with one attached hydrogen (secondary N) is 1. The van der Waals surface area contributed by atoms with Crippen LogP contribution < -0.4 is 5.56 Å². The molecule has 176 valence electrons. The largest absolute Gasteiger partial charge is 0.342 e. The van der Waals surface area contributed by atoms with Crippen LogP contribution in [0.5, 0.6) is 0 Å². The van der Waals surface area contributed by atoms with Crippen LogP contribution in [-0.4, -0.2) is 48.9 Å². The van der Waals surface area contributed by atoms with Gasteiger partial charge in [-0.15, -0.1) is 5.10 Å². The number of H-pyrrole nitrogens is 1. The van der Waals surface area contributed by atoms with Gasteiger partial charge in [0, 0.05) is 25.4 Å². The molecule has 0 saturated carbocycles. The van der Waals surface area contributed by atoms with Crippen LogP contribution in [0.2, 0.25) is 0 Å². The Balaban J connectivity index is 1.57. The Morgan fingerprint density at radius 1 is 1.21 bits per heavy atom. The number of fused-ring (bicyclic) bond motifs is 1. The molecule has 4 rings (SSSR count). The highest BCUT2D eigenvalue weighted by molar-refractivity contribution is 5.76. The molecule has 1 atom stereocenters. The van der Waals surface area contributed by atoms with Crippen molar-refractivity contribution in [2.24, 2.45) is 0 Å². The van der Waals surface area contributed by atoms with E-state index in [1.165, 1.54) is 5.56 Å². The highest BCUT2D eigenvalue weighted by Crippen LogP contribution is 2.26. The second-order valence-electron chi connectivity index (χ2n) is 10.1. The first-order valence-electron chi connectivity index (χ1n) is 12.0. The summed E-state index contributed by atoms with van der Waals surface area (Å²) in [6.07, 6.45) is 4.29. The number of hydrogen-bond donors (Lipinski definition) is 1. The number of carbonyl (C=O) groups is 1. The second kappa shape index (κ2) is 9.45. The zero-order valence-electron chi connectivity index (χ0n) is 20.1. The van der Waals surface area contributed by atoms with Gasteiger partial charge in [0.25, 0.3) is 5.56 Å². The number of rotatable bonds is 6. The first-order valence-corrected chi connectivity index (χ1v) is 12.0. The summed E-state index contributed by atoms with van der Waals surface area (Å²) in [6, 6.07) is 8.44. The number of piperidine rings is 1. The number of unbranched alkanes of at least 4 members (excludes halogenated alkanes) is 1. The van der Waals surface area contributed by atoms with E-state index in [9.17, 15) is 9.59 Å². The lowest BCUT2D eigenvalue weighted by molar-refractivity contribution is -0.132. The molecule has 1 aliphatic heterocycles. The Hall–Kier alpha value is -3.03. The predicted octanol–water partition coefficient (Wildman–Crippen LogP) is 3.76. The Bertz CT molecular complexity index is 1170. The fourth-order valence-corrected chi connectivity index (χ4v) is 4.38. The summed E-state index contributed by atoms with van der Waals surface area (Å²) in [5, 5.41) is 8.28. The van der Waals surface area contributed by atoms with E-state index in [1.54, 1.807) is 4.68 Å². The molecule has 0 radical (unpaired) electrons. The van der Waals surface area contributed by atoms with Crippen molar-refractivity contribution in [3.8, 4) is 0 Å². The molecule has 1 N–H and O–H groups in total. The minimum Gasteiger partial charge on any atom is -0.342 e. The first kappa shape index (κ1) is 23.1. The number of benzene rings is 1. The van der Waals surface area contributed by atoms with Gasteiger partial charge >= 0.3 is 0 Å². The number of aromatic amines is 1. The summed E-state index contributed by atoms with van der Waals surface area (Å²) >= 11 is 0. The van der Waals surface area contributed by atoms with Gasteiger partial charge < -0.3 is 9.88 Å². The van der Waals surface area contributed by atoms with Crippen molar-refractivity contribution in [2.45, 2.75) is 77.7 Å². The molecule has 33 heavy (non-hydrogen) atoms. The fourth-order valence-electron chi connectivity index (χ4n) is 4.38. The Kier molecular flexibility index (Phi) is 6.63. The van der Waals surface area contributed by atoms with Gasteiger partial charge in [-0.05, 0) is 35.8 Å². The highest BCUT2D eigenvalue weighted by Gasteiger charge is 2.27. The van der Waals surface area contributed by atoms with Crippen molar-refractivity contribution in [3.05, 3.63) is 51.6 Å². The maximum absolute atomic E-state index is 12.7. The van der Waals surface area contributed by atoms with Crippen LogP contribution in [0.4, 0.5) is 0 Å². The maximum atomic E-state index is 12.7. The molecule has 2 aromatic heterocycles. The Morgan fingerprint density at radius 2 is 1.97 bits per heavy atom. The van der Waals surface area contributed by atoms with Gasteiger partial charge in [-0.3, -0.25) is 9.59 Å². The summed E-state index contributed by atoms with van der Waals surface area (Å²) in [6.45, 7) is 10.5. The smallest absolute Gasteiger partial charge is 0.281 e. The molecule has 3 aromatic rings. The molecule has 0 unspecified atom stereocenters. The quantitative estimate of drug-likeness (QED) is 0.617. The van der Waals surface area contributed by atoms with Crippen molar-refractivity contribution in [1.82, 2.24) is 29.9 Å². The van der Waals surface area contributed by atoms with Gasteiger partial charge in [0.05, 0.1) is 6.54 Å². The normalized spacial score (nSPS) is 17.0. The predicted molar refractivity (Wildman–Crippen MR) is 128 cm³/mol. The number of likely N-dealkylation sites (tertiary alicyclic amines) is 1. The monoisotopic (exact) mass is 450 g/mol. The van der Waals surface area contributed by atoms with E-state index in [-0.39, 0.29) is 28.3 Å². The van der Waals surface area contributed by atoms with Crippen LogP contribution in [-0.2, 0) is 16.8 Å². The SMILES string of the molecule is CCCCC(=O)N1CCC[C@@H](c2nc3c(nnn3Cc3ccc(C(C)(C)C)cc3)c(=O)[nH]2)C1. The molecule has 1 amide bonds. The maximum Gasteiger partial charge on any atom is 0.281 e. The summed E-state index contributed by atoms with van der Waals surface area (Å²) in [5.41, 5.74) is 2.89. The Morgan fingerprint density at radius 3 is 2.67 bits per heavy atom. The van der Waals surface area contributed by atoms with Crippen molar-refractivity contribution in [2.75, 3.05) is 13.1 Å². The first-order chi connectivity index (χ1) is 15.8. The van der Waals surface area contributed by atoms with Crippen molar-refractivity contribution < 1.29 is 4.79 Å². The van der Waals surface area contributed by atoms with Crippen LogP contribution in [0.15, 0.2) is 29.1 Å². The van der Waals surface area contributed by atoms with E-state index >= 15 is 0 Å². The van der Waals surface area contributed by atoms with Crippen molar-refractivity contribution >= 4 is 17.1 Å². The zero-order chi connectivity index (χ0) is 23.6. The minimum atomic E-state index is -0.279. The summed E-state index contributed by atoms with van der Waals surface area (Å²) < 4.78 is 1.69. The van der Waals surface area contributed by atoms with Gasteiger partial charge in [0.1, 0.15) is 5.82 Å². The third kappa shape index (κ3) is 5.15. The number of hydrogen-bond acceptors (Lipinski definition) is 5. The third-order valence-corrected chi connectivity index (χ3v) is 6.45. The van der Waals surface area contributed by atoms with E-state index in [2.05, 4.69) is 67.3 Å². The highest BCUT2D eigenvalue weighted by atomic mass is 16.2. The van der Waals surface area contributed by atoms with Gasteiger partial charge in [-0.2, -0.15) is 0 Å². The number of nitrogens with zero attached hydrogens (tertiary/aromatic N) is 5. The molecular formula is C25H34N6O2. The van der Waals surface area contributed by atoms with Crippen molar-refractivity contribution in [1.29, 1.82) is 0 Å². The molecule has 0 bridgehead atoms. The van der Waals surface area contributed by atoms with Crippen molar-refractivity contribution in [3.63, 3.8) is 0 Å². The van der Waals surface area contributed by atoms with Crippen LogP contribution >= 0.6 is 0 Å². The molecule has 1 aliphatic rings. The van der Waals surface area contributed by atoms with Crippen LogP contribution in [0.1, 0.15) is 82.7 Å².